The average molecular weight is 269 g/mol. The molecular weight excluding hydrogens is 255 g/mol. The van der Waals surface area contributed by atoms with Gasteiger partial charge in [0.1, 0.15) is 0 Å². The van der Waals surface area contributed by atoms with Gasteiger partial charge in [0, 0.05) is 17.9 Å². The van der Waals surface area contributed by atoms with Crippen LogP contribution in [0.1, 0.15) is 17.0 Å². The SMILES string of the molecule is Cc1cc(CN)c(C)n1-c1cccc(Cl)c1Cl. The molecule has 4 heteroatoms. The minimum absolute atomic E-state index is 0.526. The van der Waals surface area contributed by atoms with Crippen molar-refractivity contribution in [3.63, 3.8) is 0 Å². The van der Waals surface area contributed by atoms with Crippen molar-refractivity contribution < 1.29 is 0 Å². The second-order valence-corrected chi connectivity index (χ2v) is 4.79. The van der Waals surface area contributed by atoms with Gasteiger partial charge >= 0.3 is 0 Å². The summed E-state index contributed by atoms with van der Waals surface area (Å²) in [5.41, 5.74) is 9.94. The summed E-state index contributed by atoms with van der Waals surface area (Å²) in [4.78, 5) is 0. The summed E-state index contributed by atoms with van der Waals surface area (Å²) < 4.78 is 2.08. The number of nitrogens with two attached hydrogens (primary N) is 1. The molecule has 0 saturated heterocycles. The van der Waals surface area contributed by atoms with E-state index in [9.17, 15) is 0 Å². The van der Waals surface area contributed by atoms with Gasteiger partial charge in [-0.05, 0) is 37.6 Å². The molecule has 0 fully saturated rings. The quantitative estimate of drug-likeness (QED) is 0.881. The van der Waals surface area contributed by atoms with Gasteiger partial charge in [0.25, 0.3) is 0 Å². The first-order valence-corrected chi connectivity index (χ1v) is 6.14. The first-order valence-electron chi connectivity index (χ1n) is 5.38. The van der Waals surface area contributed by atoms with Crippen molar-refractivity contribution in [3.8, 4) is 5.69 Å². The van der Waals surface area contributed by atoms with Crippen LogP contribution >= 0.6 is 23.2 Å². The first-order chi connectivity index (χ1) is 8.06. The number of benzene rings is 1. The van der Waals surface area contributed by atoms with Crippen molar-refractivity contribution in [2.24, 2.45) is 5.73 Å². The molecule has 90 valence electrons. The molecular formula is C13H14Cl2N2. The van der Waals surface area contributed by atoms with Crippen LogP contribution in [0.25, 0.3) is 5.69 Å². The molecule has 0 atom stereocenters. The molecule has 0 bridgehead atoms. The Morgan fingerprint density at radius 1 is 1.24 bits per heavy atom. The Hall–Kier alpha value is -0.960. The maximum Gasteiger partial charge on any atom is 0.0832 e. The zero-order chi connectivity index (χ0) is 12.6. The number of halogens is 2. The van der Waals surface area contributed by atoms with Gasteiger partial charge in [-0.1, -0.05) is 29.3 Å². The highest BCUT2D eigenvalue weighted by molar-refractivity contribution is 6.43. The van der Waals surface area contributed by atoms with Gasteiger partial charge in [-0.25, -0.2) is 0 Å². The predicted octanol–water partition coefficient (Wildman–Crippen LogP) is 3.86. The molecule has 2 rings (SSSR count). The number of nitrogens with zero attached hydrogens (tertiary/aromatic N) is 1. The molecule has 0 aliphatic heterocycles. The topological polar surface area (TPSA) is 30.9 Å². The summed E-state index contributed by atoms with van der Waals surface area (Å²) in [5, 5.41) is 1.13. The van der Waals surface area contributed by atoms with Gasteiger partial charge in [0.15, 0.2) is 0 Å². The Morgan fingerprint density at radius 2 is 1.94 bits per heavy atom. The maximum atomic E-state index is 6.24. The Bertz CT molecular complexity index is 559. The minimum atomic E-state index is 0.526. The van der Waals surface area contributed by atoms with Crippen molar-refractivity contribution in [1.29, 1.82) is 0 Å². The molecule has 0 amide bonds. The van der Waals surface area contributed by atoms with E-state index < -0.39 is 0 Å². The van der Waals surface area contributed by atoms with Crippen LogP contribution in [0.3, 0.4) is 0 Å². The van der Waals surface area contributed by atoms with E-state index in [1.807, 2.05) is 26.0 Å². The number of hydrogen-bond acceptors (Lipinski definition) is 1. The normalized spacial score (nSPS) is 10.9. The summed E-state index contributed by atoms with van der Waals surface area (Å²) in [6.45, 7) is 4.59. The van der Waals surface area contributed by atoms with Crippen LogP contribution in [0.4, 0.5) is 0 Å². The lowest BCUT2D eigenvalue weighted by Gasteiger charge is -2.12. The van der Waals surface area contributed by atoms with E-state index in [4.69, 9.17) is 28.9 Å². The fraction of sp³-hybridized carbons (Fsp3) is 0.231. The number of aryl methyl sites for hydroxylation is 1. The van der Waals surface area contributed by atoms with Crippen LogP contribution in [0.2, 0.25) is 10.0 Å². The lowest BCUT2D eigenvalue weighted by atomic mass is 10.2. The van der Waals surface area contributed by atoms with Gasteiger partial charge < -0.3 is 10.3 Å². The summed E-state index contributed by atoms with van der Waals surface area (Å²) >= 11 is 12.3. The Balaban J connectivity index is 2.68. The zero-order valence-electron chi connectivity index (χ0n) is 9.80. The summed E-state index contributed by atoms with van der Waals surface area (Å²) in [5.74, 6) is 0. The maximum absolute atomic E-state index is 6.24. The first kappa shape index (κ1) is 12.5. The van der Waals surface area contributed by atoms with E-state index in [-0.39, 0.29) is 0 Å². The lowest BCUT2D eigenvalue weighted by molar-refractivity contribution is 0.943. The van der Waals surface area contributed by atoms with E-state index in [1.54, 1.807) is 6.07 Å². The van der Waals surface area contributed by atoms with E-state index in [0.717, 1.165) is 22.6 Å². The van der Waals surface area contributed by atoms with Crippen LogP contribution < -0.4 is 5.73 Å². The molecule has 0 aliphatic rings. The monoisotopic (exact) mass is 268 g/mol. The van der Waals surface area contributed by atoms with Gasteiger partial charge in [0.05, 0.1) is 15.7 Å². The van der Waals surface area contributed by atoms with Crippen molar-refractivity contribution >= 4 is 23.2 Å². The fourth-order valence-corrected chi connectivity index (χ4v) is 2.45. The van der Waals surface area contributed by atoms with Crippen molar-refractivity contribution in [2.75, 3.05) is 0 Å². The summed E-state index contributed by atoms with van der Waals surface area (Å²) in [7, 11) is 0. The van der Waals surface area contributed by atoms with Gasteiger partial charge in [-0.3, -0.25) is 0 Å². The van der Waals surface area contributed by atoms with Crippen LogP contribution in [0.5, 0.6) is 0 Å². The smallest absolute Gasteiger partial charge is 0.0832 e. The van der Waals surface area contributed by atoms with Crippen LogP contribution in [0.15, 0.2) is 24.3 Å². The van der Waals surface area contributed by atoms with E-state index in [1.165, 1.54) is 0 Å². The van der Waals surface area contributed by atoms with Crippen LogP contribution in [-0.2, 0) is 6.54 Å². The number of hydrogen-bond donors (Lipinski definition) is 1. The fourth-order valence-electron chi connectivity index (χ4n) is 2.07. The van der Waals surface area contributed by atoms with E-state index >= 15 is 0 Å². The molecule has 1 aromatic heterocycles. The third-order valence-electron chi connectivity index (χ3n) is 2.93. The molecule has 2 aromatic rings. The highest BCUT2D eigenvalue weighted by atomic mass is 35.5. The largest absolute Gasteiger partial charge is 0.326 e. The molecule has 2 N–H and O–H groups in total. The Labute approximate surface area is 111 Å². The Kier molecular flexibility index (Phi) is 3.48. The molecule has 2 nitrogen and oxygen atoms in total. The van der Waals surface area contributed by atoms with Gasteiger partial charge in [-0.15, -0.1) is 0 Å². The van der Waals surface area contributed by atoms with E-state index in [0.29, 0.717) is 16.6 Å². The predicted molar refractivity (Wildman–Crippen MR) is 73.2 cm³/mol. The second kappa shape index (κ2) is 4.73. The summed E-state index contributed by atoms with van der Waals surface area (Å²) in [6.07, 6.45) is 0. The summed E-state index contributed by atoms with van der Waals surface area (Å²) in [6, 6.07) is 7.71. The molecule has 0 aliphatic carbocycles. The molecule has 0 spiro atoms. The zero-order valence-corrected chi connectivity index (χ0v) is 11.3. The molecule has 1 heterocycles. The molecule has 17 heavy (non-hydrogen) atoms. The third kappa shape index (κ3) is 2.08. The van der Waals surface area contributed by atoms with Crippen LogP contribution in [-0.4, -0.2) is 4.57 Å². The van der Waals surface area contributed by atoms with Gasteiger partial charge in [-0.2, -0.15) is 0 Å². The second-order valence-electron chi connectivity index (χ2n) is 4.01. The minimum Gasteiger partial charge on any atom is -0.326 e. The van der Waals surface area contributed by atoms with Crippen LogP contribution in [0, 0.1) is 13.8 Å². The molecule has 0 unspecified atom stereocenters. The van der Waals surface area contributed by atoms with Crippen molar-refractivity contribution in [1.82, 2.24) is 4.57 Å². The third-order valence-corrected chi connectivity index (χ3v) is 3.74. The Morgan fingerprint density at radius 3 is 2.53 bits per heavy atom. The van der Waals surface area contributed by atoms with Gasteiger partial charge in [0.2, 0.25) is 0 Å². The highest BCUT2D eigenvalue weighted by Gasteiger charge is 2.13. The molecule has 1 aromatic carbocycles. The molecule has 0 radical (unpaired) electrons. The van der Waals surface area contributed by atoms with Crippen molar-refractivity contribution in [2.45, 2.75) is 20.4 Å². The van der Waals surface area contributed by atoms with E-state index in [2.05, 4.69) is 10.6 Å². The standard InChI is InChI=1S/C13H14Cl2N2/c1-8-6-10(7-16)9(2)17(8)12-5-3-4-11(14)13(12)15/h3-6H,7,16H2,1-2H3. The molecule has 0 saturated carbocycles. The highest BCUT2D eigenvalue weighted by Crippen LogP contribution is 2.31. The number of rotatable bonds is 2. The average Bonchev–Trinajstić information content (AvgIpc) is 2.58. The lowest BCUT2D eigenvalue weighted by Crippen LogP contribution is -2.02. The van der Waals surface area contributed by atoms with Crippen molar-refractivity contribution in [3.05, 3.63) is 51.3 Å². The number of aromatic nitrogens is 1.